The number of allylic oxidation sites excluding steroid dienone is 16. The highest BCUT2D eigenvalue weighted by molar-refractivity contribution is 5.71. The Hall–Kier alpha value is -3.67. The molecule has 6 heteroatoms. The van der Waals surface area contributed by atoms with Gasteiger partial charge in [-0.2, -0.15) is 0 Å². The van der Waals surface area contributed by atoms with Gasteiger partial charge in [0.15, 0.2) is 6.10 Å². The van der Waals surface area contributed by atoms with E-state index in [-0.39, 0.29) is 31.1 Å². The van der Waals surface area contributed by atoms with Crippen LogP contribution in [0.25, 0.3) is 0 Å². The molecule has 0 aromatic heterocycles. The third-order valence-electron chi connectivity index (χ3n) is 15.5. The lowest BCUT2D eigenvalue weighted by atomic mass is 10.0. The maximum Gasteiger partial charge on any atom is 0.306 e. The molecular weight excluding hydrogens is 1020 g/mol. The maximum absolute atomic E-state index is 12.9. The van der Waals surface area contributed by atoms with E-state index in [0.717, 1.165) is 103 Å². The second kappa shape index (κ2) is 70.8. The van der Waals surface area contributed by atoms with Crippen molar-refractivity contribution in [1.82, 2.24) is 0 Å². The molecule has 0 heterocycles. The molecule has 0 aromatic rings. The van der Waals surface area contributed by atoms with Gasteiger partial charge in [-0.1, -0.05) is 311 Å². The molecule has 0 N–H and O–H groups in total. The minimum absolute atomic E-state index is 0.0778. The minimum atomic E-state index is -0.782. The lowest BCUT2D eigenvalue weighted by molar-refractivity contribution is -0.167. The molecule has 0 saturated heterocycles. The summed E-state index contributed by atoms with van der Waals surface area (Å²) in [5.41, 5.74) is 0. The Labute approximate surface area is 515 Å². The molecule has 0 aromatic carbocycles. The number of hydrogen-bond acceptors (Lipinski definition) is 6. The van der Waals surface area contributed by atoms with Crippen LogP contribution in [0.15, 0.2) is 97.2 Å². The Kier molecular flexibility index (Phi) is 67.7. The first-order chi connectivity index (χ1) is 41.0. The van der Waals surface area contributed by atoms with E-state index < -0.39 is 6.10 Å². The van der Waals surface area contributed by atoms with Crippen LogP contribution in [-0.2, 0) is 28.6 Å². The Morgan fingerprint density at radius 2 is 0.470 bits per heavy atom. The van der Waals surface area contributed by atoms with E-state index >= 15 is 0 Å². The number of esters is 3. The molecule has 6 nitrogen and oxygen atoms in total. The number of ether oxygens (including phenoxy) is 3. The van der Waals surface area contributed by atoms with Gasteiger partial charge in [-0.25, -0.2) is 0 Å². The topological polar surface area (TPSA) is 78.9 Å². The lowest BCUT2D eigenvalue weighted by Gasteiger charge is -2.18. The molecule has 0 spiro atoms. The van der Waals surface area contributed by atoms with E-state index in [1.165, 1.54) is 212 Å². The monoisotopic (exact) mass is 1160 g/mol. The number of unbranched alkanes of at least 4 members (excludes halogenated alkanes) is 38. The number of carbonyl (C=O) groups is 3. The van der Waals surface area contributed by atoms with E-state index in [9.17, 15) is 14.4 Å². The van der Waals surface area contributed by atoms with Crippen LogP contribution in [0.4, 0.5) is 0 Å². The predicted octanol–water partition coefficient (Wildman–Crippen LogP) is 24.8. The molecule has 0 aliphatic carbocycles. The van der Waals surface area contributed by atoms with Crippen LogP contribution in [-0.4, -0.2) is 37.2 Å². The smallest absolute Gasteiger partial charge is 0.306 e. The molecule has 1 atom stereocenters. The highest BCUT2D eigenvalue weighted by atomic mass is 16.6. The van der Waals surface area contributed by atoms with Gasteiger partial charge in [-0.05, 0) is 122 Å². The van der Waals surface area contributed by atoms with Gasteiger partial charge in [0.1, 0.15) is 13.2 Å². The van der Waals surface area contributed by atoms with Gasteiger partial charge in [0.05, 0.1) is 0 Å². The van der Waals surface area contributed by atoms with Gasteiger partial charge in [0.2, 0.25) is 0 Å². The normalized spacial score (nSPS) is 12.7. The van der Waals surface area contributed by atoms with Crippen molar-refractivity contribution < 1.29 is 28.6 Å². The van der Waals surface area contributed by atoms with Crippen molar-refractivity contribution in [1.29, 1.82) is 0 Å². The van der Waals surface area contributed by atoms with Crippen LogP contribution >= 0.6 is 0 Å². The van der Waals surface area contributed by atoms with Gasteiger partial charge < -0.3 is 14.2 Å². The molecule has 1 unspecified atom stereocenters. The summed E-state index contributed by atoms with van der Waals surface area (Å²) >= 11 is 0. The molecule has 0 aliphatic heterocycles. The van der Waals surface area contributed by atoms with Crippen molar-refractivity contribution in [3.05, 3.63) is 97.2 Å². The third-order valence-corrected chi connectivity index (χ3v) is 15.5. The molecule has 0 saturated carbocycles. The van der Waals surface area contributed by atoms with Crippen LogP contribution in [0, 0.1) is 0 Å². The first-order valence-electron chi connectivity index (χ1n) is 35.7. The molecule has 0 aliphatic rings. The van der Waals surface area contributed by atoms with Crippen molar-refractivity contribution >= 4 is 17.9 Å². The number of hydrogen-bond donors (Lipinski definition) is 0. The van der Waals surface area contributed by atoms with E-state index in [2.05, 4.69) is 118 Å². The summed E-state index contributed by atoms with van der Waals surface area (Å²) in [6.45, 7) is 6.53. The highest BCUT2D eigenvalue weighted by Gasteiger charge is 2.19. The third kappa shape index (κ3) is 69.0. The summed E-state index contributed by atoms with van der Waals surface area (Å²) in [5, 5.41) is 0. The zero-order chi connectivity index (χ0) is 59.9. The zero-order valence-corrected chi connectivity index (χ0v) is 54.9. The Morgan fingerprint density at radius 1 is 0.253 bits per heavy atom. The van der Waals surface area contributed by atoms with Crippen LogP contribution in [0.5, 0.6) is 0 Å². The van der Waals surface area contributed by atoms with Crippen LogP contribution in [0.2, 0.25) is 0 Å². The first kappa shape index (κ1) is 79.3. The quantitative estimate of drug-likeness (QED) is 0.0261. The second-order valence-electron chi connectivity index (χ2n) is 23.8. The summed E-state index contributed by atoms with van der Waals surface area (Å²) in [4.78, 5) is 38.4. The predicted molar refractivity (Wildman–Crippen MR) is 362 cm³/mol. The summed E-state index contributed by atoms with van der Waals surface area (Å²) < 4.78 is 17.0. The molecule has 0 bridgehead atoms. The Bertz CT molecular complexity index is 1610. The molecule has 0 fully saturated rings. The largest absolute Gasteiger partial charge is 0.462 e. The van der Waals surface area contributed by atoms with E-state index in [1.54, 1.807) is 0 Å². The summed E-state index contributed by atoms with van der Waals surface area (Å²) in [5.74, 6) is -0.875. The van der Waals surface area contributed by atoms with Gasteiger partial charge in [-0.3, -0.25) is 14.4 Å². The zero-order valence-electron chi connectivity index (χ0n) is 54.9. The van der Waals surface area contributed by atoms with E-state index in [0.29, 0.717) is 19.3 Å². The van der Waals surface area contributed by atoms with Crippen LogP contribution in [0.3, 0.4) is 0 Å². The summed E-state index contributed by atoms with van der Waals surface area (Å²) in [6, 6.07) is 0. The van der Waals surface area contributed by atoms with Crippen LogP contribution in [0.1, 0.15) is 355 Å². The summed E-state index contributed by atoms with van der Waals surface area (Å²) in [6.07, 6.45) is 95.9. The molecule has 0 rings (SSSR count). The number of rotatable bonds is 65. The van der Waals surface area contributed by atoms with E-state index in [4.69, 9.17) is 14.2 Å². The fraction of sp³-hybridized carbons (Fsp3) is 0.753. The second-order valence-corrected chi connectivity index (χ2v) is 23.8. The molecule has 0 radical (unpaired) electrons. The van der Waals surface area contributed by atoms with Crippen molar-refractivity contribution in [2.45, 2.75) is 361 Å². The Balaban J connectivity index is 4.15. The molecule has 0 amide bonds. The molecular formula is C77H134O6. The van der Waals surface area contributed by atoms with Gasteiger partial charge >= 0.3 is 17.9 Å². The average Bonchev–Trinajstić information content (AvgIpc) is 3.49. The Morgan fingerprint density at radius 3 is 0.771 bits per heavy atom. The molecule has 478 valence electrons. The van der Waals surface area contributed by atoms with Gasteiger partial charge in [0.25, 0.3) is 0 Å². The summed E-state index contributed by atoms with van der Waals surface area (Å²) in [7, 11) is 0. The maximum atomic E-state index is 12.9. The van der Waals surface area contributed by atoms with Crippen molar-refractivity contribution in [3.63, 3.8) is 0 Å². The van der Waals surface area contributed by atoms with Crippen LogP contribution < -0.4 is 0 Å². The average molecular weight is 1160 g/mol. The van der Waals surface area contributed by atoms with E-state index in [1.807, 2.05) is 0 Å². The van der Waals surface area contributed by atoms with Gasteiger partial charge in [0, 0.05) is 19.3 Å². The standard InChI is InChI=1S/C77H134O6/c1-4-7-10-13-16-19-22-25-27-29-31-32-33-34-35-36-37-38-39-40-41-42-43-44-45-46-47-49-50-52-55-58-61-64-67-70-76(79)82-73-74(72-81-75(78)69-66-63-60-57-54-24-21-18-15-12-9-6-3)83-77(80)71-68-65-62-59-56-53-51-48-30-28-26-23-20-17-14-11-8-5-2/h7,10,16,18-19,21,25,27-28,30-32,34-35,37-38,74H,4-6,8-9,11-15,17,20,22-24,26,29,33,36,39-73H2,1-3H3/b10-7-,19-16-,21-18-,27-25-,30-28-,32-31-,35-34-,38-37-. The van der Waals surface area contributed by atoms with Gasteiger partial charge in [-0.15, -0.1) is 0 Å². The first-order valence-corrected chi connectivity index (χ1v) is 35.7. The SMILES string of the molecule is CC/C=C\C/C=C\C/C=C\C/C=C\C/C=C\C/C=C\CCCCCCCCCCCCCCCCCCC(=O)OCC(COC(=O)CCCCCCC/C=C\CCCCC)OC(=O)CCCCCCCCC/C=C\CCCCCCCCC. The molecule has 83 heavy (non-hydrogen) atoms. The minimum Gasteiger partial charge on any atom is -0.462 e. The van der Waals surface area contributed by atoms with Crippen molar-refractivity contribution in [2.75, 3.05) is 13.2 Å². The lowest BCUT2D eigenvalue weighted by Crippen LogP contribution is -2.30. The van der Waals surface area contributed by atoms with Crippen molar-refractivity contribution in [3.8, 4) is 0 Å². The fourth-order valence-electron chi connectivity index (χ4n) is 10.2. The highest BCUT2D eigenvalue weighted by Crippen LogP contribution is 2.17. The van der Waals surface area contributed by atoms with Crippen molar-refractivity contribution in [2.24, 2.45) is 0 Å². The number of carbonyl (C=O) groups excluding carboxylic acids is 3. The fourth-order valence-corrected chi connectivity index (χ4v) is 10.2.